The van der Waals surface area contributed by atoms with Gasteiger partial charge in [-0.05, 0) is 39.3 Å². The first-order valence-corrected chi connectivity index (χ1v) is 11.1. The van der Waals surface area contributed by atoms with Gasteiger partial charge in [0.1, 0.15) is 0 Å². The van der Waals surface area contributed by atoms with Crippen LogP contribution in [0.1, 0.15) is 31.0 Å². The van der Waals surface area contributed by atoms with E-state index in [4.69, 9.17) is 0 Å². The van der Waals surface area contributed by atoms with Crippen LogP contribution in [0.15, 0.2) is 23.6 Å². The summed E-state index contributed by atoms with van der Waals surface area (Å²) >= 11 is 0. The number of anilines is 1. The summed E-state index contributed by atoms with van der Waals surface area (Å²) in [5.74, 6) is 0.603. The minimum absolute atomic E-state index is 0.0840. The molecule has 0 unspecified atom stereocenters. The molecule has 1 saturated carbocycles. The normalized spacial score (nSPS) is 19.7. The fourth-order valence-corrected chi connectivity index (χ4v) is 4.46. The summed E-state index contributed by atoms with van der Waals surface area (Å²) in [7, 11) is -0.926. The Morgan fingerprint density at radius 3 is 2.65 bits per heavy atom. The van der Waals surface area contributed by atoms with Gasteiger partial charge in [0, 0.05) is 31.9 Å². The number of rotatable bonds is 8. The summed E-state index contributed by atoms with van der Waals surface area (Å²) in [6.07, 6.45) is 7.59. The van der Waals surface area contributed by atoms with Crippen molar-refractivity contribution < 1.29 is 8.42 Å². The third-order valence-electron chi connectivity index (χ3n) is 4.96. The fraction of sp³-hybridized carbons (Fsp3) is 0.667. The first kappa shape index (κ1) is 19.1. The van der Waals surface area contributed by atoms with E-state index in [-0.39, 0.29) is 23.1 Å². The van der Waals surface area contributed by atoms with Crippen molar-refractivity contribution in [3.05, 3.63) is 34.9 Å². The lowest BCUT2D eigenvalue weighted by molar-refractivity contribution is 0.363. The predicted octanol–water partition coefficient (Wildman–Crippen LogP) is 0.863. The number of hydrogen-bond donors (Lipinski definition) is 0. The highest BCUT2D eigenvalue weighted by molar-refractivity contribution is 7.91. The van der Waals surface area contributed by atoms with Crippen LogP contribution in [0.4, 0.5) is 5.82 Å². The second-order valence-corrected chi connectivity index (χ2v) is 9.60. The number of nitrogens with zero attached hydrogens (tertiary/aromatic N) is 4. The van der Waals surface area contributed by atoms with Gasteiger partial charge in [0.25, 0.3) is 5.56 Å². The van der Waals surface area contributed by atoms with E-state index in [1.807, 2.05) is 21.7 Å². The SMILES string of the molecule is C=CCN(C)CCCc1cn(C2CC2)c(=O)c(N2CCS(=O)(=O)CC2)n1. The Bertz CT molecular complexity index is 800. The highest BCUT2D eigenvalue weighted by Gasteiger charge is 2.29. The molecule has 0 bridgehead atoms. The molecule has 3 rings (SSSR count). The second kappa shape index (κ2) is 7.92. The zero-order valence-electron chi connectivity index (χ0n) is 15.4. The Morgan fingerprint density at radius 1 is 1.35 bits per heavy atom. The lowest BCUT2D eigenvalue weighted by Gasteiger charge is -2.28. The van der Waals surface area contributed by atoms with Crippen LogP contribution in [0, 0.1) is 0 Å². The lowest BCUT2D eigenvalue weighted by Crippen LogP contribution is -2.44. The van der Waals surface area contributed by atoms with Crippen LogP contribution in [0.2, 0.25) is 0 Å². The third-order valence-corrected chi connectivity index (χ3v) is 6.57. The molecule has 0 aromatic carbocycles. The summed E-state index contributed by atoms with van der Waals surface area (Å²) in [5.41, 5.74) is 0.825. The number of hydrogen-bond acceptors (Lipinski definition) is 6. The molecule has 1 aromatic heterocycles. The van der Waals surface area contributed by atoms with Crippen LogP contribution in [0.3, 0.4) is 0 Å². The van der Waals surface area contributed by atoms with Crippen molar-refractivity contribution >= 4 is 15.7 Å². The van der Waals surface area contributed by atoms with E-state index in [0.717, 1.165) is 44.5 Å². The molecule has 2 heterocycles. The fourth-order valence-electron chi connectivity index (χ4n) is 3.26. The van der Waals surface area contributed by atoms with Crippen molar-refractivity contribution in [1.82, 2.24) is 14.5 Å². The standard InChI is InChI=1S/C18H28N4O3S/c1-3-8-20(2)9-4-5-15-14-22(16-6-7-16)18(23)17(19-15)21-10-12-26(24,25)13-11-21/h3,14,16H,1,4-13H2,2H3. The highest BCUT2D eigenvalue weighted by atomic mass is 32.2. The van der Waals surface area contributed by atoms with Crippen molar-refractivity contribution in [2.75, 3.05) is 49.6 Å². The molecule has 8 heteroatoms. The molecular weight excluding hydrogens is 352 g/mol. The van der Waals surface area contributed by atoms with Gasteiger partial charge < -0.3 is 14.4 Å². The number of sulfone groups is 1. The summed E-state index contributed by atoms with van der Waals surface area (Å²) in [6.45, 7) is 6.23. The molecule has 1 aliphatic heterocycles. The van der Waals surface area contributed by atoms with Gasteiger partial charge in [0.15, 0.2) is 15.7 Å². The van der Waals surface area contributed by atoms with Gasteiger partial charge in [-0.3, -0.25) is 4.79 Å². The Balaban J connectivity index is 1.77. The Hall–Kier alpha value is -1.67. The summed E-state index contributed by atoms with van der Waals surface area (Å²) in [6, 6.07) is 0.278. The highest BCUT2D eigenvalue weighted by Crippen LogP contribution is 2.34. The van der Waals surface area contributed by atoms with Crippen molar-refractivity contribution in [2.24, 2.45) is 0 Å². The summed E-state index contributed by atoms with van der Waals surface area (Å²) in [5, 5.41) is 0. The zero-order chi connectivity index (χ0) is 18.7. The Kier molecular flexibility index (Phi) is 5.82. The van der Waals surface area contributed by atoms with Gasteiger partial charge >= 0.3 is 0 Å². The van der Waals surface area contributed by atoms with Crippen LogP contribution < -0.4 is 10.5 Å². The zero-order valence-corrected chi connectivity index (χ0v) is 16.2. The minimum Gasteiger partial charge on any atom is -0.350 e. The molecule has 2 fully saturated rings. The van der Waals surface area contributed by atoms with E-state index in [1.165, 1.54) is 0 Å². The van der Waals surface area contributed by atoms with Gasteiger partial charge in [-0.1, -0.05) is 6.08 Å². The summed E-state index contributed by atoms with van der Waals surface area (Å²) in [4.78, 5) is 21.5. The minimum atomic E-state index is -2.98. The molecule has 144 valence electrons. The van der Waals surface area contributed by atoms with E-state index in [9.17, 15) is 13.2 Å². The second-order valence-electron chi connectivity index (χ2n) is 7.29. The Labute approximate surface area is 155 Å². The maximum atomic E-state index is 12.8. The van der Waals surface area contributed by atoms with Gasteiger partial charge in [0.2, 0.25) is 0 Å². The van der Waals surface area contributed by atoms with E-state index in [2.05, 4.69) is 23.5 Å². The van der Waals surface area contributed by atoms with Gasteiger partial charge in [-0.25, -0.2) is 13.4 Å². The first-order valence-electron chi connectivity index (χ1n) is 9.26. The smallest absolute Gasteiger partial charge is 0.293 e. The lowest BCUT2D eigenvalue weighted by atomic mass is 10.2. The van der Waals surface area contributed by atoms with Gasteiger partial charge in [-0.15, -0.1) is 6.58 Å². The first-order chi connectivity index (χ1) is 12.4. The molecule has 0 amide bonds. The van der Waals surface area contributed by atoms with Crippen LogP contribution in [0.5, 0.6) is 0 Å². The molecule has 0 atom stereocenters. The molecule has 2 aliphatic rings. The molecule has 0 radical (unpaired) electrons. The van der Waals surface area contributed by atoms with Crippen LogP contribution >= 0.6 is 0 Å². The van der Waals surface area contributed by atoms with E-state index in [0.29, 0.717) is 18.9 Å². The molecule has 1 aromatic rings. The molecule has 0 N–H and O–H groups in total. The molecule has 1 saturated heterocycles. The topological polar surface area (TPSA) is 75.5 Å². The summed E-state index contributed by atoms with van der Waals surface area (Å²) < 4.78 is 25.2. The van der Waals surface area contributed by atoms with Crippen molar-refractivity contribution in [2.45, 2.75) is 31.7 Å². The quantitative estimate of drug-likeness (QED) is 0.623. The van der Waals surface area contributed by atoms with E-state index < -0.39 is 9.84 Å². The van der Waals surface area contributed by atoms with Crippen LogP contribution in [0.25, 0.3) is 0 Å². The molecule has 1 aliphatic carbocycles. The largest absolute Gasteiger partial charge is 0.350 e. The molecule has 26 heavy (non-hydrogen) atoms. The van der Waals surface area contributed by atoms with Crippen LogP contribution in [-0.2, 0) is 16.3 Å². The van der Waals surface area contributed by atoms with Crippen LogP contribution in [-0.4, -0.2) is 67.6 Å². The molecule has 0 spiro atoms. The Morgan fingerprint density at radius 2 is 2.04 bits per heavy atom. The van der Waals surface area contributed by atoms with Crippen molar-refractivity contribution in [3.63, 3.8) is 0 Å². The maximum Gasteiger partial charge on any atom is 0.293 e. The maximum absolute atomic E-state index is 12.8. The van der Waals surface area contributed by atoms with E-state index >= 15 is 0 Å². The molecule has 7 nitrogen and oxygen atoms in total. The van der Waals surface area contributed by atoms with E-state index in [1.54, 1.807) is 0 Å². The average molecular weight is 381 g/mol. The number of likely N-dealkylation sites (N-methyl/N-ethyl adjacent to an activating group) is 1. The molecular formula is C18H28N4O3S. The van der Waals surface area contributed by atoms with Crippen molar-refractivity contribution in [3.8, 4) is 0 Å². The predicted molar refractivity (Wildman–Crippen MR) is 104 cm³/mol. The average Bonchev–Trinajstić information content (AvgIpc) is 3.41. The monoisotopic (exact) mass is 380 g/mol. The van der Waals surface area contributed by atoms with Gasteiger partial charge in [0.05, 0.1) is 17.2 Å². The number of aryl methyl sites for hydroxylation is 1. The van der Waals surface area contributed by atoms with Gasteiger partial charge in [-0.2, -0.15) is 0 Å². The number of aromatic nitrogens is 2. The van der Waals surface area contributed by atoms with Crippen molar-refractivity contribution in [1.29, 1.82) is 0 Å². The third kappa shape index (κ3) is 4.73.